The lowest BCUT2D eigenvalue weighted by atomic mass is 9.97. The summed E-state index contributed by atoms with van der Waals surface area (Å²) in [5, 5.41) is 1.93. The molecule has 3 heterocycles. The molecule has 1 aliphatic heterocycles. The number of anilines is 1. The first-order valence-electron chi connectivity index (χ1n) is 13.6. The fourth-order valence-electron chi connectivity index (χ4n) is 5.03. The third kappa shape index (κ3) is 6.54. The molecule has 1 atom stereocenters. The minimum absolute atomic E-state index is 0.0345. The van der Waals surface area contributed by atoms with E-state index in [9.17, 15) is 22.8 Å². The van der Waals surface area contributed by atoms with Crippen LogP contribution in [0.3, 0.4) is 0 Å². The van der Waals surface area contributed by atoms with Crippen LogP contribution in [0.1, 0.15) is 55.2 Å². The van der Waals surface area contributed by atoms with Crippen molar-refractivity contribution in [2.45, 2.75) is 45.2 Å². The molecule has 4 rings (SSSR count). The van der Waals surface area contributed by atoms with Crippen LogP contribution in [-0.2, 0) is 4.79 Å². The Bertz CT molecular complexity index is 1600. The molecule has 43 heavy (non-hydrogen) atoms. The highest BCUT2D eigenvalue weighted by molar-refractivity contribution is 6.07. The summed E-state index contributed by atoms with van der Waals surface area (Å²) in [4.78, 5) is 39.5. The van der Waals surface area contributed by atoms with Gasteiger partial charge in [-0.1, -0.05) is 6.92 Å². The number of nitrogen functional groups attached to an aromatic ring is 1. The molecule has 0 aliphatic carbocycles. The van der Waals surface area contributed by atoms with Crippen LogP contribution >= 0.6 is 0 Å². The average Bonchev–Trinajstić information content (AvgIpc) is 3.36. The van der Waals surface area contributed by atoms with E-state index in [1.54, 1.807) is 29.3 Å². The van der Waals surface area contributed by atoms with Gasteiger partial charge in [-0.15, -0.1) is 0 Å². The summed E-state index contributed by atoms with van der Waals surface area (Å²) in [6.07, 6.45) is 0.762. The van der Waals surface area contributed by atoms with Gasteiger partial charge in [0.25, 0.3) is 5.91 Å². The molecule has 5 N–H and O–H groups in total. The molecule has 2 amide bonds. The van der Waals surface area contributed by atoms with Crippen LogP contribution in [0.5, 0.6) is 5.75 Å². The summed E-state index contributed by atoms with van der Waals surface area (Å²) >= 11 is 0. The normalized spacial score (nSPS) is 16.4. The van der Waals surface area contributed by atoms with Crippen LogP contribution in [0.4, 0.5) is 23.4 Å². The number of rotatable bonds is 8. The molecule has 0 spiro atoms. The van der Waals surface area contributed by atoms with E-state index in [2.05, 4.69) is 9.98 Å². The second kappa shape index (κ2) is 12.7. The molecule has 1 saturated heterocycles. The lowest BCUT2D eigenvalue weighted by Crippen LogP contribution is -2.39. The van der Waals surface area contributed by atoms with E-state index in [-0.39, 0.29) is 41.3 Å². The molecule has 230 valence electrons. The third-order valence-electron chi connectivity index (χ3n) is 7.00. The molecule has 1 fully saturated rings. The minimum atomic E-state index is -4.77. The van der Waals surface area contributed by atoms with Gasteiger partial charge in [0.2, 0.25) is 5.91 Å². The molecule has 1 aromatic carbocycles. The lowest BCUT2D eigenvalue weighted by Gasteiger charge is -2.32. The van der Waals surface area contributed by atoms with Crippen LogP contribution in [0.25, 0.3) is 16.8 Å². The number of imidazole rings is 1. The van der Waals surface area contributed by atoms with Crippen molar-refractivity contribution >= 4 is 29.0 Å². The molecule has 0 radical (unpaired) electrons. The Hall–Kier alpha value is -4.69. The Labute approximate surface area is 244 Å². The standard InChI is InChI=1S/C28H32F4N8O3/c1-4-22(41)39-9-6-7-15(14-39)26-38-23(24-25(34)36-8-10-40(24)26)17-11-18(29)16(12-19(17)43-5-2)27(42)37-21(33)13-20(35-3)28(30,31)32/h8,10-13,15,35H,4-7,9,14H2,1-3H3,(H2,34,36)(H2,33,37,42)/b20-13-. The fraction of sp³-hybridized carbons (Fsp3) is 0.393. The van der Waals surface area contributed by atoms with Gasteiger partial charge in [-0.2, -0.15) is 18.2 Å². The first-order chi connectivity index (χ1) is 20.4. The van der Waals surface area contributed by atoms with Crippen molar-refractivity contribution in [1.82, 2.24) is 24.6 Å². The average molecular weight is 605 g/mol. The number of amides is 2. The number of halogens is 4. The number of carbonyl (C=O) groups excluding carboxylic acids is 2. The Kier molecular flexibility index (Phi) is 9.21. The summed E-state index contributed by atoms with van der Waals surface area (Å²) in [7, 11) is 1.03. The first kappa shape index (κ1) is 31.3. The van der Waals surface area contributed by atoms with Crippen molar-refractivity contribution in [2.75, 3.05) is 32.5 Å². The van der Waals surface area contributed by atoms with Crippen molar-refractivity contribution in [2.24, 2.45) is 10.7 Å². The number of fused-ring (bicyclic) bond motifs is 1. The highest BCUT2D eigenvalue weighted by Gasteiger charge is 2.33. The molecule has 15 heteroatoms. The number of piperidine rings is 1. The van der Waals surface area contributed by atoms with Crippen LogP contribution in [0.15, 0.2) is 41.3 Å². The number of nitrogens with two attached hydrogens (primary N) is 2. The van der Waals surface area contributed by atoms with Gasteiger partial charge in [0.1, 0.15) is 46.0 Å². The number of amidine groups is 1. The zero-order chi connectivity index (χ0) is 31.5. The number of benzene rings is 1. The SMILES string of the molecule is CCOc1cc(C(=O)N=C(N)/C=C(\NC)C(F)(F)F)c(F)cc1-c1nc(C2CCCN(C(=O)CC)C2)n2ccnc(N)c12. The number of alkyl halides is 3. The largest absolute Gasteiger partial charge is 0.493 e. The molecule has 1 aliphatic rings. The Balaban J connectivity index is 1.81. The zero-order valence-corrected chi connectivity index (χ0v) is 23.8. The summed E-state index contributed by atoms with van der Waals surface area (Å²) in [6, 6.07) is 2.13. The number of allylic oxidation sites excluding steroid dienone is 1. The maximum Gasteiger partial charge on any atom is 0.431 e. The topological polar surface area (TPSA) is 153 Å². The van der Waals surface area contributed by atoms with Crippen LogP contribution in [-0.4, -0.2) is 69.8 Å². The van der Waals surface area contributed by atoms with Crippen LogP contribution in [0.2, 0.25) is 0 Å². The van der Waals surface area contributed by atoms with Gasteiger partial charge in [-0.05, 0) is 31.9 Å². The van der Waals surface area contributed by atoms with Gasteiger partial charge >= 0.3 is 6.18 Å². The summed E-state index contributed by atoms with van der Waals surface area (Å²) in [5.41, 5.74) is 10.8. The van der Waals surface area contributed by atoms with Crippen molar-refractivity contribution in [1.29, 1.82) is 0 Å². The number of ether oxygens (including phenoxy) is 1. The van der Waals surface area contributed by atoms with E-state index < -0.39 is 35.0 Å². The number of hydrogen-bond acceptors (Lipinski definition) is 7. The molecule has 11 nitrogen and oxygen atoms in total. The Morgan fingerprint density at radius 2 is 2.02 bits per heavy atom. The summed E-state index contributed by atoms with van der Waals surface area (Å²) in [5.74, 6) is -2.35. The predicted molar refractivity (Wildman–Crippen MR) is 152 cm³/mol. The molecular formula is C28H32F4N8O3. The molecule has 0 saturated carbocycles. The maximum absolute atomic E-state index is 15.5. The first-order valence-corrected chi connectivity index (χ1v) is 13.6. The quantitative estimate of drug-likeness (QED) is 0.199. The van der Waals surface area contributed by atoms with E-state index in [0.717, 1.165) is 32.0 Å². The monoisotopic (exact) mass is 604 g/mol. The van der Waals surface area contributed by atoms with E-state index in [1.165, 1.54) is 6.20 Å². The molecule has 2 aromatic heterocycles. The lowest BCUT2D eigenvalue weighted by molar-refractivity contribution is -0.132. The smallest absolute Gasteiger partial charge is 0.431 e. The van der Waals surface area contributed by atoms with Gasteiger partial charge < -0.3 is 26.4 Å². The second-order valence-corrected chi connectivity index (χ2v) is 9.79. The Morgan fingerprint density at radius 1 is 1.28 bits per heavy atom. The fourth-order valence-corrected chi connectivity index (χ4v) is 5.03. The number of aliphatic imine (C=N–C) groups is 1. The van der Waals surface area contributed by atoms with E-state index in [1.807, 2.05) is 5.32 Å². The molecule has 3 aromatic rings. The molecule has 1 unspecified atom stereocenters. The number of nitrogens with one attached hydrogen (secondary N) is 1. The van der Waals surface area contributed by atoms with Crippen LogP contribution in [0, 0.1) is 5.82 Å². The van der Waals surface area contributed by atoms with Crippen molar-refractivity contribution in [3.05, 3.63) is 53.5 Å². The number of nitrogens with zero attached hydrogens (tertiary/aromatic N) is 5. The summed E-state index contributed by atoms with van der Waals surface area (Å²) in [6.45, 7) is 4.71. The van der Waals surface area contributed by atoms with Crippen molar-refractivity contribution in [3.8, 4) is 17.0 Å². The van der Waals surface area contributed by atoms with E-state index >= 15 is 4.39 Å². The van der Waals surface area contributed by atoms with Gasteiger partial charge in [0, 0.05) is 56.5 Å². The van der Waals surface area contributed by atoms with Crippen LogP contribution < -0.4 is 21.5 Å². The third-order valence-corrected chi connectivity index (χ3v) is 7.00. The number of carbonyl (C=O) groups is 2. The number of likely N-dealkylation sites (tertiary alicyclic amines) is 1. The van der Waals surface area contributed by atoms with Gasteiger partial charge in [0.05, 0.1) is 12.2 Å². The molecule has 0 bridgehead atoms. The predicted octanol–water partition coefficient (Wildman–Crippen LogP) is 3.80. The number of aromatic nitrogens is 3. The second-order valence-electron chi connectivity index (χ2n) is 9.79. The Morgan fingerprint density at radius 3 is 2.67 bits per heavy atom. The van der Waals surface area contributed by atoms with Gasteiger partial charge in [-0.25, -0.2) is 14.4 Å². The van der Waals surface area contributed by atoms with E-state index in [0.29, 0.717) is 36.9 Å². The van der Waals surface area contributed by atoms with Gasteiger partial charge in [-0.3, -0.25) is 14.0 Å². The number of hydrogen-bond donors (Lipinski definition) is 3. The van der Waals surface area contributed by atoms with Crippen molar-refractivity contribution in [3.63, 3.8) is 0 Å². The highest BCUT2D eigenvalue weighted by Crippen LogP contribution is 2.39. The zero-order valence-electron chi connectivity index (χ0n) is 23.8. The minimum Gasteiger partial charge on any atom is -0.493 e. The highest BCUT2D eigenvalue weighted by atomic mass is 19.4. The molecular weight excluding hydrogens is 572 g/mol. The summed E-state index contributed by atoms with van der Waals surface area (Å²) < 4.78 is 62.1. The maximum atomic E-state index is 15.5. The van der Waals surface area contributed by atoms with E-state index in [4.69, 9.17) is 21.2 Å². The van der Waals surface area contributed by atoms with Crippen molar-refractivity contribution < 1.29 is 31.9 Å². The van der Waals surface area contributed by atoms with Gasteiger partial charge in [0.15, 0.2) is 0 Å².